The van der Waals surface area contributed by atoms with Crippen LogP contribution >= 0.6 is 0 Å². The molecule has 2 nitrogen and oxygen atoms in total. The highest BCUT2D eigenvalue weighted by atomic mass is 16.3. The Balaban J connectivity index is 2.16. The first-order valence-corrected chi connectivity index (χ1v) is 5.20. The zero-order valence-electron chi connectivity index (χ0n) is 8.13. The predicted molar refractivity (Wildman–Crippen MR) is 51.2 cm³/mol. The van der Waals surface area contributed by atoms with Gasteiger partial charge in [-0.3, -0.25) is 0 Å². The Hall–Kier alpha value is -0.0800. The largest absolute Gasteiger partial charge is 0.396 e. The van der Waals surface area contributed by atoms with E-state index in [1.165, 1.54) is 38.9 Å². The topological polar surface area (TPSA) is 23.5 Å². The van der Waals surface area contributed by atoms with E-state index in [9.17, 15) is 0 Å². The summed E-state index contributed by atoms with van der Waals surface area (Å²) in [5.41, 5.74) is 0. The van der Waals surface area contributed by atoms with Gasteiger partial charge in [-0.25, -0.2) is 0 Å². The normalized spacial score (nSPS) is 21.5. The van der Waals surface area contributed by atoms with Gasteiger partial charge in [0.25, 0.3) is 0 Å². The summed E-state index contributed by atoms with van der Waals surface area (Å²) in [5.74, 6) is 0.716. The first-order valence-electron chi connectivity index (χ1n) is 5.20. The number of hydrogen-bond donors (Lipinski definition) is 1. The summed E-state index contributed by atoms with van der Waals surface area (Å²) in [6, 6.07) is 0. The Morgan fingerprint density at radius 2 is 2.00 bits per heavy atom. The number of aliphatic hydroxyl groups excluding tert-OH is 1. The van der Waals surface area contributed by atoms with Gasteiger partial charge in [0.05, 0.1) is 0 Å². The van der Waals surface area contributed by atoms with Crippen molar-refractivity contribution in [3.05, 3.63) is 0 Å². The number of aliphatic hydroxyl groups is 1. The van der Waals surface area contributed by atoms with Crippen molar-refractivity contribution in [1.29, 1.82) is 0 Å². The van der Waals surface area contributed by atoms with E-state index in [-0.39, 0.29) is 0 Å². The van der Waals surface area contributed by atoms with Crippen molar-refractivity contribution in [3.63, 3.8) is 0 Å². The van der Waals surface area contributed by atoms with Gasteiger partial charge in [0.2, 0.25) is 0 Å². The Labute approximate surface area is 75.6 Å². The maximum Gasteiger partial charge on any atom is 0.0434 e. The first kappa shape index (κ1) is 10.0. The molecule has 1 atom stereocenters. The van der Waals surface area contributed by atoms with Crippen molar-refractivity contribution in [3.8, 4) is 0 Å². The average molecular weight is 171 g/mol. The summed E-state index contributed by atoms with van der Waals surface area (Å²) in [6.45, 7) is 6.34. The van der Waals surface area contributed by atoms with Gasteiger partial charge in [-0.2, -0.15) is 0 Å². The Morgan fingerprint density at radius 1 is 1.33 bits per heavy atom. The predicted octanol–water partition coefficient (Wildman–Crippen LogP) is 1.49. The summed E-state index contributed by atoms with van der Waals surface area (Å²) in [4.78, 5) is 2.53. The minimum absolute atomic E-state index is 0.354. The lowest BCUT2D eigenvalue weighted by atomic mass is 10.0. The molecule has 0 aromatic heterocycles. The van der Waals surface area contributed by atoms with Crippen LogP contribution in [0.15, 0.2) is 0 Å². The van der Waals surface area contributed by atoms with Crippen molar-refractivity contribution in [2.75, 3.05) is 26.2 Å². The zero-order valence-corrected chi connectivity index (χ0v) is 8.13. The molecule has 12 heavy (non-hydrogen) atoms. The summed E-state index contributed by atoms with van der Waals surface area (Å²) in [6.07, 6.45) is 4.93. The third-order valence-corrected chi connectivity index (χ3v) is 2.83. The van der Waals surface area contributed by atoms with E-state index in [2.05, 4.69) is 11.8 Å². The van der Waals surface area contributed by atoms with Gasteiger partial charge in [0.1, 0.15) is 0 Å². The highest BCUT2D eigenvalue weighted by Crippen LogP contribution is 2.14. The van der Waals surface area contributed by atoms with Gasteiger partial charge >= 0.3 is 0 Å². The number of hydrogen-bond acceptors (Lipinski definition) is 2. The van der Waals surface area contributed by atoms with E-state index in [1.54, 1.807) is 0 Å². The SMILES string of the molecule is CCC(CCO)CN1CCCC1. The molecule has 0 bridgehead atoms. The second kappa shape index (κ2) is 5.55. The molecule has 0 saturated carbocycles. The molecule has 1 saturated heterocycles. The Morgan fingerprint density at radius 3 is 2.50 bits per heavy atom. The van der Waals surface area contributed by atoms with Gasteiger partial charge in [-0.05, 0) is 38.3 Å². The third kappa shape index (κ3) is 3.11. The molecule has 1 fully saturated rings. The van der Waals surface area contributed by atoms with Crippen LogP contribution in [0, 0.1) is 5.92 Å². The van der Waals surface area contributed by atoms with Gasteiger partial charge in [0, 0.05) is 13.2 Å². The molecule has 2 heteroatoms. The summed E-state index contributed by atoms with van der Waals surface area (Å²) < 4.78 is 0. The summed E-state index contributed by atoms with van der Waals surface area (Å²) in [7, 11) is 0. The minimum atomic E-state index is 0.354. The molecule has 1 aliphatic heterocycles. The van der Waals surface area contributed by atoms with Crippen molar-refractivity contribution >= 4 is 0 Å². The standard InChI is InChI=1S/C10H21NO/c1-2-10(5-8-12)9-11-6-3-4-7-11/h10,12H,2-9H2,1H3. The summed E-state index contributed by atoms with van der Waals surface area (Å²) in [5, 5.41) is 8.82. The van der Waals surface area contributed by atoms with Crippen LogP contribution in [0.4, 0.5) is 0 Å². The molecule has 0 radical (unpaired) electrons. The van der Waals surface area contributed by atoms with Crippen LogP contribution in [0.25, 0.3) is 0 Å². The van der Waals surface area contributed by atoms with E-state index < -0.39 is 0 Å². The van der Waals surface area contributed by atoms with Crippen LogP contribution in [-0.4, -0.2) is 36.2 Å². The van der Waals surface area contributed by atoms with Crippen molar-refractivity contribution < 1.29 is 5.11 Å². The second-order valence-corrected chi connectivity index (χ2v) is 3.79. The Bertz CT molecular complexity index is 110. The van der Waals surface area contributed by atoms with E-state index >= 15 is 0 Å². The highest BCUT2D eigenvalue weighted by Gasteiger charge is 2.15. The maximum absolute atomic E-state index is 8.82. The molecule has 72 valence electrons. The van der Waals surface area contributed by atoms with E-state index in [0.29, 0.717) is 12.5 Å². The highest BCUT2D eigenvalue weighted by molar-refractivity contribution is 4.70. The lowest BCUT2D eigenvalue weighted by Gasteiger charge is -2.21. The molecule has 0 amide bonds. The molecule has 1 unspecified atom stereocenters. The van der Waals surface area contributed by atoms with Crippen LogP contribution in [0.3, 0.4) is 0 Å². The lowest BCUT2D eigenvalue weighted by molar-refractivity contribution is 0.212. The minimum Gasteiger partial charge on any atom is -0.396 e. The molecule has 0 aliphatic carbocycles. The van der Waals surface area contributed by atoms with Crippen LogP contribution in [-0.2, 0) is 0 Å². The van der Waals surface area contributed by atoms with E-state index in [4.69, 9.17) is 5.11 Å². The van der Waals surface area contributed by atoms with Gasteiger partial charge in [0.15, 0.2) is 0 Å². The number of likely N-dealkylation sites (tertiary alicyclic amines) is 1. The quantitative estimate of drug-likeness (QED) is 0.677. The van der Waals surface area contributed by atoms with E-state index in [1.807, 2.05) is 0 Å². The fourth-order valence-electron chi connectivity index (χ4n) is 1.94. The fraction of sp³-hybridized carbons (Fsp3) is 1.00. The van der Waals surface area contributed by atoms with Crippen molar-refractivity contribution in [2.45, 2.75) is 32.6 Å². The fourth-order valence-corrected chi connectivity index (χ4v) is 1.94. The van der Waals surface area contributed by atoms with Crippen LogP contribution in [0.5, 0.6) is 0 Å². The van der Waals surface area contributed by atoms with Crippen molar-refractivity contribution in [1.82, 2.24) is 4.90 Å². The van der Waals surface area contributed by atoms with Crippen molar-refractivity contribution in [2.24, 2.45) is 5.92 Å². The van der Waals surface area contributed by atoms with E-state index in [0.717, 1.165) is 6.42 Å². The number of nitrogens with zero attached hydrogens (tertiary/aromatic N) is 1. The van der Waals surface area contributed by atoms with Gasteiger partial charge in [-0.1, -0.05) is 13.3 Å². The average Bonchev–Trinajstić information content (AvgIpc) is 2.56. The molecule has 0 aromatic carbocycles. The molecular formula is C10H21NO. The molecule has 0 spiro atoms. The molecule has 1 rings (SSSR count). The lowest BCUT2D eigenvalue weighted by Crippen LogP contribution is -2.26. The second-order valence-electron chi connectivity index (χ2n) is 3.79. The molecule has 0 aromatic rings. The zero-order chi connectivity index (χ0) is 8.81. The van der Waals surface area contributed by atoms with Crippen LogP contribution in [0.2, 0.25) is 0 Å². The maximum atomic E-state index is 8.82. The molecular weight excluding hydrogens is 150 g/mol. The molecule has 1 heterocycles. The van der Waals surface area contributed by atoms with Gasteiger partial charge in [-0.15, -0.1) is 0 Å². The smallest absolute Gasteiger partial charge is 0.0434 e. The first-order chi connectivity index (χ1) is 5.86. The molecule has 1 N–H and O–H groups in total. The third-order valence-electron chi connectivity index (χ3n) is 2.83. The summed E-state index contributed by atoms with van der Waals surface area (Å²) >= 11 is 0. The van der Waals surface area contributed by atoms with Crippen LogP contribution in [0.1, 0.15) is 32.6 Å². The van der Waals surface area contributed by atoms with Crippen LogP contribution < -0.4 is 0 Å². The Kier molecular flexibility index (Phi) is 4.62. The number of rotatable bonds is 5. The molecule has 1 aliphatic rings. The van der Waals surface area contributed by atoms with Gasteiger partial charge < -0.3 is 10.0 Å². The monoisotopic (exact) mass is 171 g/mol.